The maximum atomic E-state index is 13.0. The number of benzene rings is 2. The van der Waals surface area contributed by atoms with Gasteiger partial charge in [-0.3, -0.25) is 14.4 Å². The van der Waals surface area contributed by atoms with Crippen molar-refractivity contribution in [2.24, 2.45) is 0 Å². The highest BCUT2D eigenvalue weighted by Gasteiger charge is 2.31. The van der Waals surface area contributed by atoms with Gasteiger partial charge in [0, 0.05) is 16.7 Å². The maximum absolute atomic E-state index is 13.0. The number of ketones is 2. The summed E-state index contributed by atoms with van der Waals surface area (Å²) in [4.78, 5) is 38.1. The number of nitrogens with one attached hydrogen (secondary N) is 1. The molecule has 1 aliphatic carbocycles. The number of hydrogen-bond donors (Lipinski definition) is 2. The molecule has 140 valence electrons. The Hall–Kier alpha value is -3.51. The van der Waals surface area contributed by atoms with Crippen LogP contribution in [-0.2, 0) is 4.79 Å². The highest BCUT2D eigenvalue weighted by atomic mass is 16.3. The molecule has 0 unspecified atom stereocenters. The second-order valence-electron chi connectivity index (χ2n) is 6.72. The first-order chi connectivity index (χ1) is 13.6. The monoisotopic (exact) mass is 375 g/mol. The number of amides is 1. The van der Waals surface area contributed by atoms with Crippen LogP contribution in [0.2, 0.25) is 0 Å². The van der Waals surface area contributed by atoms with Crippen molar-refractivity contribution in [3.05, 3.63) is 88.9 Å². The van der Waals surface area contributed by atoms with E-state index in [0.29, 0.717) is 22.4 Å². The van der Waals surface area contributed by atoms with Gasteiger partial charge >= 0.3 is 0 Å². The zero-order chi connectivity index (χ0) is 19.7. The molecule has 1 atom stereocenters. The Morgan fingerprint density at radius 3 is 2.39 bits per heavy atom. The molecule has 0 spiro atoms. The molecule has 1 aromatic heterocycles. The average molecular weight is 375 g/mol. The van der Waals surface area contributed by atoms with Crippen LogP contribution in [0.3, 0.4) is 0 Å². The summed E-state index contributed by atoms with van der Waals surface area (Å²) in [5.74, 6) is 0.0570. The number of rotatable bonds is 5. The van der Waals surface area contributed by atoms with Gasteiger partial charge in [-0.2, -0.15) is 0 Å². The third-order valence-electron chi connectivity index (χ3n) is 4.88. The van der Waals surface area contributed by atoms with Gasteiger partial charge in [0.05, 0.1) is 17.5 Å². The van der Waals surface area contributed by atoms with E-state index in [0.717, 1.165) is 5.76 Å². The molecule has 0 fully saturated rings. The summed E-state index contributed by atoms with van der Waals surface area (Å²) >= 11 is 0. The minimum absolute atomic E-state index is 0.0134. The molecule has 4 rings (SSSR count). The summed E-state index contributed by atoms with van der Waals surface area (Å²) < 4.78 is 5.33. The van der Waals surface area contributed by atoms with Crippen molar-refractivity contribution in [1.82, 2.24) is 0 Å². The molecular formula is C22H19N2O4+. The second-order valence-corrected chi connectivity index (χ2v) is 6.72. The van der Waals surface area contributed by atoms with Crippen molar-refractivity contribution in [2.75, 3.05) is 11.9 Å². The summed E-state index contributed by atoms with van der Waals surface area (Å²) in [5, 5.41) is 4.62. The largest absolute Gasteiger partial charge is 0.463 e. The number of anilines is 1. The minimum Gasteiger partial charge on any atom is -0.463 e. The van der Waals surface area contributed by atoms with Gasteiger partial charge in [0.15, 0.2) is 23.9 Å². The topological polar surface area (TPSA) is 93.0 Å². The molecule has 0 saturated heterocycles. The van der Waals surface area contributed by atoms with E-state index in [1.165, 1.54) is 0 Å². The Bertz CT molecular complexity index is 1070. The molecule has 0 radical (unpaired) electrons. The van der Waals surface area contributed by atoms with E-state index in [1.807, 2.05) is 18.3 Å². The fourth-order valence-corrected chi connectivity index (χ4v) is 3.40. The summed E-state index contributed by atoms with van der Waals surface area (Å²) in [6, 6.07) is 15.3. The predicted molar refractivity (Wildman–Crippen MR) is 102 cm³/mol. The lowest BCUT2D eigenvalue weighted by molar-refractivity contribution is -0.684. The van der Waals surface area contributed by atoms with Crippen molar-refractivity contribution in [1.29, 1.82) is 0 Å². The first-order valence-electron chi connectivity index (χ1n) is 9.04. The Labute approximate surface area is 161 Å². The summed E-state index contributed by atoms with van der Waals surface area (Å²) in [6.07, 6.45) is 1.59. The van der Waals surface area contributed by atoms with Crippen LogP contribution < -0.4 is 10.6 Å². The van der Waals surface area contributed by atoms with Gasteiger partial charge in [-0.25, -0.2) is 0 Å². The van der Waals surface area contributed by atoms with Crippen LogP contribution in [0.25, 0.3) is 0 Å². The molecular weight excluding hydrogens is 356 g/mol. The zero-order valence-electron chi connectivity index (χ0n) is 15.3. The molecule has 1 amide bonds. The van der Waals surface area contributed by atoms with E-state index >= 15 is 0 Å². The lowest BCUT2D eigenvalue weighted by Crippen LogP contribution is -2.86. The Morgan fingerprint density at radius 1 is 0.964 bits per heavy atom. The number of carbonyl (C=O) groups is 3. The van der Waals surface area contributed by atoms with Crippen LogP contribution in [0.4, 0.5) is 5.69 Å². The van der Waals surface area contributed by atoms with E-state index in [9.17, 15) is 14.4 Å². The van der Waals surface area contributed by atoms with Crippen molar-refractivity contribution in [2.45, 2.75) is 13.0 Å². The number of nitrogens with two attached hydrogens (primary N) is 1. The third-order valence-corrected chi connectivity index (χ3v) is 4.88. The van der Waals surface area contributed by atoms with Crippen LogP contribution in [0.5, 0.6) is 0 Å². The molecule has 28 heavy (non-hydrogen) atoms. The van der Waals surface area contributed by atoms with Crippen LogP contribution in [0.1, 0.15) is 50.6 Å². The third kappa shape index (κ3) is 3.14. The molecule has 1 heterocycles. The highest BCUT2D eigenvalue weighted by Crippen LogP contribution is 2.31. The van der Waals surface area contributed by atoms with Crippen LogP contribution >= 0.6 is 0 Å². The van der Waals surface area contributed by atoms with Gasteiger partial charge in [-0.15, -0.1) is 0 Å². The van der Waals surface area contributed by atoms with Gasteiger partial charge in [-0.05, 0) is 25.1 Å². The first kappa shape index (κ1) is 17.9. The smallest absolute Gasteiger partial charge is 0.279 e. The van der Waals surface area contributed by atoms with Crippen LogP contribution in [0.15, 0.2) is 65.3 Å². The highest BCUT2D eigenvalue weighted by molar-refractivity contribution is 6.30. The maximum Gasteiger partial charge on any atom is 0.279 e. The predicted octanol–water partition coefficient (Wildman–Crippen LogP) is 2.32. The molecule has 6 heteroatoms. The van der Waals surface area contributed by atoms with Gasteiger partial charge in [0.1, 0.15) is 6.04 Å². The molecule has 1 aliphatic rings. The molecule has 6 nitrogen and oxygen atoms in total. The fourth-order valence-electron chi connectivity index (χ4n) is 3.40. The molecule has 0 bridgehead atoms. The Morgan fingerprint density at radius 2 is 1.68 bits per heavy atom. The van der Waals surface area contributed by atoms with E-state index in [1.54, 1.807) is 54.8 Å². The van der Waals surface area contributed by atoms with Crippen molar-refractivity contribution < 1.29 is 24.1 Å². The van der Waals surface area contributed by atoms with Gasteiger partial charge in [0.25, 0.3) is 5.91 Å². The standard InChI is InChI=1S/C22H18N2O4/c1-13(18-10-5-11-28-18)23-12-19(25)24-17-9-4-8-16-20(17)22(27)15-7-3-2-6-14(15)21(16)26/h2-11,13,23H,12H2,1H3,(H,24,25)/p+1/t13-/m0/s1. The van der Waals surface area contributed by atoms with Crippen molar-refractivity contribution in [3.63, 3.8) is 0 Å². The van der Waals surface area contributed by atoms with E-state index in [-0.39, 0.29) is 35.6 Å². The van der Waals surface area contributed by atoms with Crippen molar-refractivity contribution >= 4 is 23.2 Å². The quantitative estimate of drug-likeness (QED) is 0.560. The summed E-state index contributed by atoms with van der Waals surface area (Å²) in [6.45, 7) is 2.10. The molecule has 0 aliphatic heterocycles. The SMILES string of the molecule is C[C@H]([NH2+]CC(=O)Nc1cccc2c1C(=O)c1ccccc1C2=O)c1ccco1. The molecule has 3 aromatic rings. The van der Waals surface area contributed by atoms with Gasteiger partial charge < -0.3 is 15.1 Å². The van der Waals surface area contributed by atoms with E-state index in [2.05, 4.69) is 5.32 Å². The lowest BCUT2D eigenvalue weighted by Gasteiger charge is -2.20. The number of hydrogen-bond acceptors (Lipinski definition) is 4. The number of quaternary nitrogens is 1. The first-order valence-corrected chi connectivity index (χ1v) is 9.04. The number of carbonyl (C=O) groups excluding carboxylic acids is 3. The Balaban J connectivity index is 1.54. The summed E-state index contributed by atoms with van der Waals surface area (Å²) in [7, 11) is 0. The van der Waals surface area contributed by atoms with Crippen LogP contribution in [0, 0.1) is 0 Å². The lowest BCUT2D eigenvalue weighted by atomic mass is 9.83. The van der Waals surface area contributed by atoms with Crippen molar-refractivity contribution in [3.8, 4) is 0 Å². The number of fused-ring (bicyclic) bond motifs is 2. The van der Waals surface area contributed by atoms with Crippen LogP contribution in [-0.4, -0.2) is 24.0 Å². The van der Waals surface area contributed by atoms with Gasteiger partial charge in [0.2, 0.25) is 0 Å². The second kappa shape index (κ2) is 7.25. The molecule has 3 N–H and O–H groups in total. The average Bonchev–Trinajstić information content (AvgIpc) is 3.25. The van der Waals surface area contributed by atoms with Gasteiger partial charge in [-0.1, -0.05) is 36.4 Å². The Kier molecular flexibility index (Phi) is 4.63. The minimum atomic E-state index is -0.258. The fraction of sp³-hybridized carbons (Fsp3) is 0.136. The zero-order valence-corrected chi connectivity index (χ0v) is 15.3. The van der Waals surface area contributed by atoms with E-state index in [4.69, 9.17) is 4.42 Å². The number of furan rings is 1. The molecule has 2 aromatic carbocycles. The summed E-state index contributed by atoms with van der Waals surface area (Å²) in [5.41, 5.74) is 1.67. The van der Waals surface area contributed by atoms with E-state index < -0.39 is 0 Å². The molecule has 0 saturated carbocycles. The normalized spacial score (nSPS) is 13.6.